The second-order valence-electron chi connectivity index (χ2n) is 11.6. The summed E-state index contributed by atoms with van der Waals surface area (Å²) in [6, 6.07) is 9.87. The fourth-order valence-corrected chi connectivity index (χ4v) is 6.69. The van der Waals surface area contributed by atoms with E-state index < -0.39 is 35.4 Å². The zero-order valence-electron chi connectivity index (χ0n) is 27.5. The molecule has 1 N–H and O–H groups in total. The molecule has 2 heterocycles. The Morgan fingerprint density at radius 3 is 2.19 bits per heavy atom. The van der Waals surface area contributed by atoms with Gasteiger partial charge in [0.2, 0.25) is 0 Å². The van der Waals surface area contributed by atoms with Crippen LogP contribution in [0.1, 0.15) is 33.5 Å². The van der Waals surface area contributed by atoms with Crippen LogP contribution < -0.4 is 14.2 Å². The number of hydrogen-bond donors (Lipinski definition) is 1. The summed E-state index contributed by atoms with van der Waals surface area (Å²) >= 11 is 6.42. The van der Waals surface area contributed by atoms with Crippen LogP contribution in [0.15, 0.2) is 59.5 Å². The lowest BCUT2D eigenvalue weighted by atomic mass is 9.96. The molecule has 0 unspecified atom stereocenters. The number of halogens is 6. The number of morpholine rings is 1. The van der Waals surface area contributed by atoms with E-state index >= 15 is 0 Å². The zero-order chi connectivity index (χ0) is 37.6. The molecule has 0 aromatic heterocycles. The molecule has 5 rings (SSSR count). The molecular weight excluding hydrogens is 739 g/mol. The van der Waals surface area contributed by atoms with E-state index in [1.54, 1.807) is 6.07 Å². The van der Waals surface area contributed by atoms with Gasteiger partial charge in [-0.25, -0.2) is 4.79 Å². The SMILES string of the molecule is COc1cc(C(=O)O)ccc1OCCCN1C(=O)C(=Cc2ccc(OCCN3CCOCC3)c(-c3cc(C(F)(F)F)cc(C(F)(F)F)c3)c2)SC1=S. The number of carbonyl (C=O) groups excluding carboxylic acids is 1. The molecule has 2 aliphatic heterocycles. The summed E-state index contributed by atoms with van der Waals surface area (Å²) in [5, 5.41) is 9.18. The number of alkyl halides is 6. The van der Waals surface area contributed by atoms with Crippen LogP contribution in [0.3, 0.4) is 0 Å². The van der Waals surface area contributed by atoms with Crippen molar-refractivity contribution < 1.29 is 60.0 Å². The lowest BCUT2D eigenvalue weighted by molar-refractivity contribution is -0.143. The van der Waals surface area contributed by atoms with Crippen molar-refractivity contribution in [2.45, 2.75) is 18.8 Å². The van der Waals surface area contributed by atoms with Crippen LogP contribution in [-0.4, -0.2) is 90.8 Å². The number of thioether (sulfide) groups is 1. The highest BCUT2D eigenvalue weighted by Crippen LogP contribution is 2.42. The van der Waals surface area contributed by atoms with Crippen LogP contribution >= 0.6 is 24.0 Å². The molecule has 9 nitrogen and oxygen atoms in total. The predicted octanol–water partition coefficient (Wildman–Crippen LogP) is 7.48. The first-order valence-corrected chi connectivity index (χ1v) is 17.0. The number of rotatable bonds is 13. The van der Waals surface area contributed by atoms with E-state index in [-0.39, 0.29) is 63.2 Å². The van der Waals surface area contributed by atoms with E-state index in [0.717, 1.165) is 11.8 Å². The Bertz CT molecular complexity index is 1810. The van der Waals surface area contributed by atoms with Crippen molar-refractivity contribution in [3.05, 3.63) is 81.8 Å². The molecule has 0 radical (unpaired) electrons. The smallest absolute Gasteiger partial charge is 0.416 e. The maximum atomic E-state index is 13.8. The first-order chi connectivity index (χ1) is 24.6. The molecule has 17 heteroatoms. The quantitative estimate of drug-likeness (QED) is 0.0816. The number of carbonyl (C=O) groups is 2. The summed E-state index contributed by atoms with van der Waals surface area (Å²) in [5.41, 5.74) is -2.98. The van der Waals surface area contributed by atoms with E-state index in [0.29, 0.717) is 62.7 Å². The van der Waals surface area contributed by atoms with Crippen LogP contribution in [-0.2, 0) is 21.9 Å². The predicted molar refractivity (Wildman–Crippen MR) is 185 cm³/mol. The van der Waals surface area contributed by atoms with E-state index in [9.17, 15) is 41.0 Å². The van der Waals surface area contributed by atoms with Gasteiger partial charge in [-0.2, -0.15) is 26.3 Å². The van der Waals surface area contributed by atoms with Gasteiger partial charge in [-0.15, -0.1) is 0 Å². The second kappa shape index (κ2) is 16.6. The maximum Gasteiger partial charge on any atom is 0.416 e. The summed E-state index contributed by atoms with van der Waals surface area (Å²) in [6.07, 6.45) is -8.31. The second-order valence-corrected chi connectivity index (χ2v) is 13.2. The molecule has 0 spiro atoms. The molecule has 52 heavy (non-hydrogen) atoms. The molecule has 2 saturated heterocycles. The molecule has 0 aliphatic carbocycles. The van der Waals surface area contributed by atoms with Gasteiger partial charge in [0.15, 0.2) is 11.5 Å². The summed E-state index contributed by atoms with van der Waals surface area (Å²) < 4.78 is 105. The number of nitrogens with zero attached hydrogens (tertiary/aromatic N) is 2. The fourth-order valence-electron chi connectivity index (χ4n) is 5.38. The molecular formula is C35H32F6N2O7S2. The van der Waals surface area contributed by atoms with Crippen LogP contribution in [0.25, 0.3) is 17.2 Å². The first kappa shape index (κ1) is 38.9. The van der Waals surface area contributed by atoms with Gasteiger partial charge in [0, 0.05) is 31.7 Å². The molecule has 2 fully saturated rings. The normalized spacial score (nSPS) is 16.4. The van der Waals surface area contributed by atoms with Gasteiger partial charge in [0.05, 0.1) is 48.5 Å². The number of methoxy groups -OCH3 is 1. The van der Waals surface area contributed by atoms with Gasteiger partial charge < -0.3 is 24.1 Å². The fraction of sp³-hybridized carbons (Fsp3) is 0.343. The van der Waals surface area contributed by atoms with E-state index in [4.69, 9.17) is 31.2 Å². The number of aromatic carboxylic acids is 1. The summed E-state index contributed by atoms with van der Waals surface area (Å²) in [5.74, 6) is -0.964. The molecule has 3 aromatic rings. The molecule has 278 valence electrons. The Labute approximate surface area is 304 Å². The summed E-state index contributed by atoms with van der Waals surface area (Å²) in [7, 11) is 1.37. The minimum absolute atomic E-state index is 0.0208. The average molecular weight is 771 g/mol. The minimum atomic E-state index is -5.05. The summed E-state index contributed by atoms with van der Waals surface area (Å²) in [6.45, 7) is 3.24. The molecule has 0 saturated carbocycles. The van der Waals surface area contributed by atoms with Crippen LogP contribution in [0.5, 0.6) is 17.2 Å². The van der Waals surface area contributed by atoms with Crippen molar-refractivity contribution in [1.82, 2.24) is 9.80 Å². The number of benzene rings is 3. The van der Waals surface area contributed by atoms with Gasteiger partial charge in [-0.1, -0.05) is 30.0 Å². The lowest BCUT2D eigenvalue weighted by Gasteiger charge is -2.26. The third-order valence-electron chi connectivity index (χ3n) is 8.04. The number of carboxylic acid groups (broad SMARTS) is 1. The van der Waals surface area contributed by atoms with Gasteiger partial charge in [-0.3, -0.25) is 14.6 Å². The maximum absolute atomic E-state index is 13.8. The lowest BCUT2D eigenvalue weighted by Crippen LogP contribution is -2.38. The van der Waals surface area contributed by atoms with Crippen LogP contribution in [0.2, 0.25) is 0 Å². The van der Waals surface area contributed by atoms with Crippen molar-refractivity contribution in [3.8, 4) is 28.4 Å². The highest BCUT2D eigenvalue weighted by molar-refractivity contribution is 8.26. The van der Waals surface area contributed by atoms with Gasteiger partial charge in [0.25, 0.3) is 5.91 Å². The van der Waals surface area contributed by atoms with Crippen LogP contribution in [0.4, 0.5) is 26.3 Å². The number of thiocarbonyl (C=S) groups is 1. The standard InChI is InChI=1S/C35H32F6N2O7S2/c1-47-29-19-22(32(45)46)4-6-28(29)49-11-2-7-43-31(44)30(52-33(43)51)16-21-3-5-27(50-14-10-42-8-12-48-13-9-42)26(15-21)23-17-24(34(36,37)38)20-25(18-23)35(39,40)41/h3-6,15-20H,2,7-14H2,1H3,(H,45,46). The third-order valence-corrected chi connectivity index (χ3v) is 9.41. The molecule has 0 bridgehead atoms. The molecule has 3 aromatic carbocycles. The molecule has 0 atom stereocenters. The van der Waals surface area contributed by atoms with Crippen molar-refractivity contribution in [2.24, 2.45) is 0 Å². The Balaban J connectivity index is 1.36. The number of amides is 1. The average Bonchev–Trinajstić information content (AvgIpc) is 3.37. The van der Waals surface area contributed by atoms with Crippen molar-refractivity contribution in [3.63, 3.8) is 0 Å². The van der Waals surface area contributed by atoms with E-state index in [1.165, 1.54) is 48.4 Å². The molecule has 1 amide bonds. The van der Waals surface area contributed by atoms with Gasteiger partial charge in [-0.05, 0) is 72.2 Å². The number of ether oxygens (including phenoxy) is 4. The Kier molecular flexibility index (Phi) is 12.4. The third kappa shape index (κ3) is 9.76. The Morgan fingerprint density at radius 1 is 0.904 bits per heavy atom. The number of carboxylic acids is 1. The van der Waals surface area contributed by atoms with E-state index in [1.807, 2.05) is 0 Å². The molecule has 2 aliphatic rings. The number of hydrogen-bond acceptors (Lipinski definition) is 9. The van der Waals surface area contributed by atoms with Gasteiger partial charge in [0.1, 0.15) is 16.7 Å². The highest BCUT2D eigenvalue weighted by Gasteiger charge is 2.37. The summed E-state index contributed by atoms with van der Waals surface area (Å²) in [4.78, 5) is 28.2. The van der Waals surface area contributed by atoms with Crippen molar-refractivity contribution >= 4 is 46.3 Å². The van der Waals surface area contributed by atoms with Crippen LogP contribution in [0, 0.1) is 0 Å². The minimum Gasteiger partial charge on any atom is -0.493 e. The topological polar surface area (TPSA) is 97.8 Å². The highest BCUT2D eigenvalue weighted by atomic mass is 32.2. The first-order valence-electron chi connectivity index (χ1n) is 15.8. The Morgan fingerprint density at radius 2 is 1.56 bits per heavy atom. The van der Waals surface area contributed by atoms with Crippen molar-refractivity contribution in [2.75, 3.05) is 59.7 Å². The van der Waals surface area contributed by atoms with E-state index in [2.05, 4.69) is 4.90 Å². The monoisotopic (exact) mass is 770 g/mol. The Hall–Kier alpha value is -4.32. The van der Waals surface area contributed by atoms with Crippen molar-refractivity contribution in [1.29, 1.82) is 0 Å². The van der Waals surface area contributed by atoms with Gasteiger partial charge >= 0.3 is 18.3 Å². The zero-order valence-corrected chi connectivity index (χ0v) is 29.1. The largest absolute Gasteiger partial charge is 0.493 e.